The van der Waals surface area contributed by atoms with Gasteiger partial charge in [-0.1, -0.05) is 17.7 Å². The van der Waals surface area contributed by atoms with Crippen molar-refractivity contribution in [2.24, 2.45) is 0 Å². The van der Waals surface area contributed by atoms with E-state index in [2.05, 4.69) is 10.4 Å². The van der Waals surface area contributed by atoms with Gasteiger partial charge in [-0.15, -0.1) is 0 Å². The molecular formula is C22H26N5O3+. The van der Waals surface area contributed by atoms with Crippen LogP contribution in [0.4, 0.5) is 5.69 Å². The molecule has 2 N–H and O–H groups in total. The second kappa shape index (κ2) is 8.87. The van der Waals surface area contributed by atoms with Crippen LogP contribution >= 0.6 is 0 Å². The Hall–Kier alpha value is -3.52. The number of nitro benzene ring substituents is 1. The number of aromatic nitrogens is 2. The Labute approximate surface area is 175 Å². The van der Waals surface area contributed by atoms with Crippen LogP contribution in [-0.2, 0) is 0 Å². The van der Waals surface area contributed by atoms with Gasteiger partial charge in [0.1, 0.15) is 5.69 Å². The number of amides is 1. The van der Waals surface area contributed by atoms with E-state index < -0.39 is 4.92 Å². The summed E-state index contributed by atoms with van der Waals surface area (Å²) in [6.07, 6.45) is 0. The van der Waals surface area contributed by atoms with Crippen LogP contribution in [0.5, 0.6) is 0 Å². The average Bonchev–Trinajstić information content (AvgIpc) is 3.13. The van der Waals surface area contributed by atoms with Crippen LogP contribution in [0.3, 0.4) is 0 Å². The summed E-state index contributed by atoms with van der Waals surface area (Å²) in [5.41, 5.74) is 4.65. The topological polar surface area (TPSA) is 94.5 Å². The number of likely N-dealkylation sites (N-methyl/N-ethyl adjacent to an activating group) is 1. The number of nitrogens with zero attached hydrogens (tertiary/aromatic N) is 3. The minimum Gasteiger partial charge on any atom is -0.345 e. The number of quaternary nitrogens is 1. The van der Waals surface area contributed by atoms with Gasteiger partial charge in [-0.2, -0.15) is 5.10 Å². The van der Waals surface area contributed by atoms with E-state index in [9.17, 15) is 14.9 Å². The van der Waals surface area contributed by atoms with Gasteiger partial charge in [0, 0.05) is 17.7 Å². The Morgan fingerprint density at radius 3 is 2.43 bits per heavy atom. The standard InChI is InChI=1S/C22H25N5O3/c1-15-5-10-20(16(2)13-15)26-21(22(28)23-11-12-25(3)4)14-19(24-26)17-6-8-18(9-7-17)27(29)30/h5-10,13-14H,11-12H2,1-4H3,(H,23,28)/p+1. The molecule has 0 unspecified atom stereocenters. The number of carbonyl (C=O) groups excluding carboxylic acids is 1. The average molecular weight is 408 g/mol. The van der Waals surface area contributed by atoms with Crippen LogP contribution in [-0.4, -0.2) is 47.8 Å². The molecule has 3 rings (SSSR count). The molecule has 30 heavy (non-hydrogen) atoms. The lowest BCUT2D eigenvalue weighted by Gasteiger charge is -2.12. The van der Waals surface area contributed by atoms with E-state index in [1.54, 1.807) is 22.9 Å². The monoisotopic (exact) mass is 408 g/mol. The molecule has 2 aromatic carbocycles. The number of nitrogens with one attached hydrogen (secondary N) is 2. The summed E-state index contributed by atoms with van der Waals surface area (Å²) in [5.74, 6) is -0.211. The second-order valence-electron chi connectivity index (χ2n) is 7.63. The smallest absolute Gasteiger partial charge is 0.270 e. The van der Waals surface area contributed by atoms with Gasteiger partial charge < -0.3 is 10.2 Å². The molecular weight excluding hydrogens is 382 g/mol. The fraction of sp³-hybridized carbons (Fsp3) is 0.273. The van der Waals surface area contributed by atoms with Gasteiger partial charge in [-0.25, -0.2) is 4.68 Å². The molecule has 0 aliphatic rings. The molecule has 0 spiro atoms. The molecule has 0 fully saturated rings. The fourth-order valence-corrected chi connectivity index (χ4v) is 3.18. The molecule has 0 saturated carbocycles. The molecule has 1 aromatic heterocycles. The van der Waals surface area contributed by atoms with Gasteiger partial charge >= 0.3 is 0 Å². The Balaban J connectivity index is 2.02. The first-order valence-corrected chi connectivity index (χ1v) is 9.76. The zero-order valence-corrected chi connectivity index (χ0v) is 17.6. The first-order chi connectivity index (χ1) is 14.3. The third kappa shape index (κ3) is 4.72. The molecule has 8 heteroatoms. The predicted molar refractivity (Wildman–Crippen MR) is 115 cm³/mol. The number of rotatable bonds is 7. The Bertz CT molecular complexity index is 1070. The normalized spacial score (nSPS) is 11.0. The Morgan fingerprint density at radius 2 is 1.83 bits per heavy atom. The lowest BCUT2D eigenvalue weighted by molar-refractivity contribution is -0.856. The van der Waals surface area contributed by atoms with Gasteiger partial charge in [0.15, 0.2) is 0 Å². The van der Waals surface area contributed by atoms with Crippen molar-refractivity contribution < 1.29 is 14.6 Å². The van der Waals surface area contributed by atoms with Crippen molar-refractivity contribution in [3.05, 3.63) is 75.5 Å². The molecule has 1 heterocycles. The van der Waals surface area contributed by atoms with E-state index in [4.69, 9.17) is 0 Å². The van der Waals surface area contributed by atoms with Gasteiger partial charge in [0.25, 0.3) is 11.6 Å². The van der Waals surface area contributed by atoms with Crippen LogP contribution in [0.25, 0.3) is 16.9 Å². The van der Waals surface area contributed by atoms with Crippen molar-refractivity contribution in [3.8, 4) is 16.9 Å². The Kier molecular flexibility index (Phi) is 6.27. The first kappa shape index (κ1) is 21.2. The summed E-state index contributed by atoms with van der Waals surface area (Å²) in [6.45, 7) is 5.34. The maximum absolute atomic E-state index is 12.9. The number of aryl methyl sites for hydroxylation is 2. The van der Waals surface area contributed by atoms with Crippen molar-refractivity contribution in [2.75, 3.05) is 27.2 Å². The van der Waals surface area contributed by atoms with Crippen LogP contribution in [0, 0.1) is 24.0 Å². The molecule has 0 atom stereocenters. The molecule has 8 nitrogen and oxygen atoms in total. The van der Waals surface area contributed by atoms with E-state index >= 15 is 0 Å². The number of hydrogen-bond donors (Lipinski definition) is 2. The second-order valence-corrected chi connectivity index (χ2v) is 7.63. The summed E-state index contributed by atoms with van der Waals surface area (Å²) >= 11 is 0. The minimum atomic E-state index is -0.441. The first-order valence-electron chi connectivity index (χ1n) is 9.76. The number of nitro groups is 1. The van der Waals surface area contributed by atoms with Crippen LogP contribution in [0.2, 0.25) is 0 Å². The predicted octanol–water partition coefficient (Wildman–Crippen LogP) is 1.94. The van der Waals surface area contributed by atoms with Gasteiger partial charge in [0.05, 0.1) is 43.5 Å². The number of non-ortho nitro benzene ring substituents is 1. The maximum atomic E-state index is 12.9. The largest absolute Gasteiger partial charge is 0.345 e. The fourth-order valence-electron chi connectivity index (χ4n) is 3.18. The minimum absolute atomic E-state index is 0.0108. The molecule has 156 valence electrons. The van der Waals surface area contributed by atoms with Gasteiger partial charge in [0.2, 0.25) is 0 Å². The number of hydrogen-bond acceptors (Lipinski definition) is 4. The zero-order valence-electron chi connectivity index (χ0n) is 17.6. The van der Waals surface area contributed by atoms with Crippen LogP contribution in [0.15, 0.2) is 48.5 Å². The van der Waals surface area contributed by atoms with E-state index in [-0.39, 0.29) is 11.6 Å². The quantitative estimate of drug-likeness (QED) is 0.461. The summed E-state index contributed by atoms with van der Waals surface area (Å²) in [6, 6.07) is 13.8. The number of benzene rings is 2. The third-order valence-electron chi connectivity index (χ3n) is 4.81. The van der Waals surface area contributed by atoms with E-state index in [0.29, 0.717) is 23.5 Å². The lowest BCUT2D eigenvalue weighted by atomic mass is 10.1. The summed E-state index contributed by atoms with van der Waals surface area (Å²) in [7, 11) is 4.05. The molecule has 0 saturated heterocycles. The lowest BCUT2D eigenvalue weighted by Crippen LogP contribution is -3.06. The van der Waals surface area contributed by atoms with E-state index in [1.807, 2.05) is 46.1 Å². The van der Waals surface area contributed by atoms with Crippen molar-refractivity contribution in [1.29, 1.82) is 0 Å². The maximum Gasteiger partial charge on any atom is 0.270 e. The van der Waals surface area contributed by atoms with Crippen molar-refractivity contribution in [3.63, 3.8) is 0 Å². The molecule has 1 amide bonds. The molecule has 0 radical (unpaired) electrons. The summed E-state index contributed by atoms with van der Waals surface area (Å²) in [4.78, 5) is 24.6. The van der Waals surface area contributed by atoms with Gasteiger partial charge in [-0.05, 0) is 43.7 Å². The highest BCUT2D eigenvalue weighted by Gasteiger charge is 2.19. The van der Waals surface area contributed by atoms with Crippen molar-refractivity contribution >= 4 is 11.6 Å². The van der Waals surface area contributed by atoms with Gasteiger partial charge in [-0.3, -0.25) is 14.9 Å². The van der Waals surface area contributed by atoms with Crippen molar-refractivity contribution in [2.45, 2.75) is 13.8 Å². The molecule has 0 aliphatic carbocycles. The highest BCUT2D eigenvalue weighted by Crippen LogP contribution is 2.25. The van der Waals surface area contributed by atoms with E-state index in [0.717, 1.165) is 23.4 Å². The van der Waals surface area contributed by atoms with Crippen LogP contribution < -0.4 is 10.2 Å². The van der Waals surface area contributed by atoms with Crippen LogP contribution in [0.1, 0.15) is 21.6 Å². The highest BCUT2D eigenvalue weighted by atomic mass is 16.6. The van der Waals surface area contributed by atoms with E-state index in [1.165, 1.54) is 17.0 Å². The molecule has 0 aliphatic heterocycles. The third-order valence-corrected chi connectivity index (χ3v) is 4.81. The summed E-state index contributed by atoms with van der Waals surface area (Å²) < 4.78 is 1.64. The SMILES string of the molecule is Cc1ccc(-n2nc(-c3ccc([N+](=O)[O-])cc3)cc2C(=O)NCC[NH+](C)C)c(C)c1. The zero-order chi connectivity index (χ0) is 21.8. The highest BCUT2D eigenvalue weighted by molar-refractivity contribution is 5.94. The van der Waals surface area contributed by atoms with Crippen molar-refractivity contribution in [1.82, 2.24) is 15.1 Å². The summed E-state index contributed by atoms with van der Waals surface area (Å²) in [5, 5.41) is 18.5. The number of carbonyl (C=O) groups is 1. The molecule has 3 aromatic rings. The Morgan fingerprint density at radius 1 is 1.13 bits per heavy atom. The molecule has 0 bridgehead atoms.